The van der Waals surface area contributed by atoms with Gasteiger partial charge in [-0.15, -0.1) is 0 Å². The third-order valence-corrected chi connectivity index (χ3v) is 2.51. The summed E-state index contributed by atoms with van der Waals surface area (Å²) in [6, 6.07) is 0. The molecule has 0 unspecified atom stereocenters. The van der Waals surface area contributed by atoms with Crippen LogP contribution < -0.4 is 5.32 Å². The highest BCUT2D eigenvalue weighted by Gasteiger charge is 2.15. The second-order valence-electron chi connectivity index (χ2n) is 3.69. The van der Waals surface area contributed by atoms with Gasteiger partial charge in [0, 0.05) is 32.8 Å². The van der Waals surface area contributed by atoms with Crippen molar-refractivity contribution in [2.24, 2.45) is 0 Å². The van der Waals surface area contributed by atoms with Crippen LogP contribution in [0.3, 0.4) is 0 Å². The molecule has 1 saturated heterocycles. The average molecular weight is 230 g/mol. The summed E-state index contributed by atoms with van der Waals surface area (Å²) in [4.78, 5) is 13.6. The molecule has 0 bridgehead atoms. The SMILES string of the molecule is CCOCCOCCC(=O)N1CCNCC1. The summed E-state index contributed by atoms with van der Waals surface area (Å²) in [6.07, 6.45) is 0.478. The molecule has 1 aliphatic heterocycles. The molecule has 5 nitrogen and oxygen atoms in total. The van der Waals surface area contributed by atoms with Gasteiger partial charge in [-0.25, -0.2) is 0 Å². The lowest BCUT2D eigenvalue weighted by Gasteiger charge is -2.27. The number of ether oxygens (including phenoxy) is 2. The van der Waals surface area contributed by atoms with Crippen LogP contribution in [0.25, 0.3) is 0 Å². The molecule has 16 heavy (non-hydrogen) atoms. The molecule has 0 aliphatic carbocycles. The van der Waals surface area contributed by atoms with Gasteiger partial charge < -0.3 is 19.7 Å². The zero-order valence-electron chi connectivity index (χ0n) is 10.0. The van der Waals surface area contributed by atoms with Crippen LogP contribution >= 0.6 is 0 Å². The normalized spacial score (nSPS) is 16.4. The number of nitrogens with one attached hydrogen (secondary N) is 1. The third kappa shape index (κ3) is 5.44. The molecule has 0 spiro atoms. The highest BCUT2D eigenvalue weighted by molar-refractivity contribution is 5.76. The lowest BCUT2D eigenvalue weighted by Crippen LogP contribution is -2.46. The summed E-state index contributed by atoms with van der Waals surface area (Å²) in [5.41, 5.74) is 0. The van der Waals surface area contributed by atoms with Crippen LogP contribution in [0, 0.1) is 0 Å². The molecular weight excluding hydrogens is 208 g/mol. The molecule has 0 aromatic carbocycles. The number of hydrogen-bond donors (Lipinski definition) is 1. The number of amides is 1. The topological polar surface area (TPSA) is 50.8 Å². The molecule has 1 heterocycles. The minimum Gasteiger partial charge on any atom is -0.379 e. The van der Waals surface area contributed by atoms with E-state index in [-0.39, 0.29) is 5.91 Å². The first-order valence-electron chi connectivity index (χ1n) is 5.98. The molecule has 1 fully saturated rings. The van der Waals surface area contributed by atoms with Crippen molar-refractivity contribution in [3.8, 4) is 0 Å². The fourth-order valence-corrected chi connectivity index (χ4v) is 1.60. The Balaban J connectivity index is 1.97. The maximum atomic E-state index is 11.7. The third-order valence-electron chi connectivity index (χ3n) is 2.51. The number of hydrogen-bond acceptors (Lipinski definition) is 4. The Kier molecular flexibility index (Phi) is 7.12. The number of carbonyl (C=O) groups is 1. The molecule has 94 valence electrons. The van der Waals surface area contributed by atoms with Crippen LogP contribution in [0.5, 0.6) is 0 Å². The van der Waals surface area contributed by atoms with Gasteiger partial charge >= 0.3 is 0 Å². The van der Waals surface area contributed by atoms with E-state index in [1.165, 1.54) is 0 Å². The summed E-state index contributed by atoms with van der Waals surface area (Å²) in [5.74, 6) is 0.193. The molecule has 0 aromatic heterocycles. The zero-order chi connectivity index (χ0) is 11.6. The van der Waals surface area contributed by atoms with Crippen LogP contribution in [-0.4, -0.2) is 63.4 Å². The zero-order valence-corrected chi connectivity index (χ0v) is 10.0. The van der Waals surface area contributed by atoms with E-state index in [1.807, 2.05) is 11.8 Å². The summed E-state index contributed by atoms with van der Waals surface area (Å²) in [6.45, 7) is 7.78. The fraction of sp³-hybridized carbons (Fsp3) is 0.909. The highest BCUT2D eigenvalue weighted by atomic mass is 16.5. The lowest BCUT2D eigenvalue weighted by molar-refractivity contribution is -0.133. The smallest absolute Gasteiger partial charge is 0.224 e. The quantitative estimate of drug-likeness (QED) is 0.619. The summed E-state index contributed by atoms with van der Waals surface area (Å²) >= 11 is 0. The minimum absolute atomic E-state index is 0.193. The van der Waals surface area contributed by atoms with E-state index < -0.39 is 0 Å². The fourth-order valence-electron chi connectivity index (χ4n) is 1.60. The van der Waals surface area contributed by atoms with Crippen molar-refractivity contribution >= 4 is 5.91 Å². The van der Waals surface area contributed by atoms with Crippen molar-refractivity contribution in [2.45, 2.75) is 13.3 Å². The van der Waals surface area contributed by atoms with Gasteiger partial charge in [-0.3, -0.25) is 4.79 Å². The molecule has 1 amide bonds. The minimum atomic E-state index is 0.193. The van der Waals surface area contributed by atoms with E-state index in [0.717, 1.165) is 26.2 Å². The van der Waals surface area contributed by atoms with E-state index >= 15 is 0 Å². The Morgan fingerprint density at radius 2 is 1.88 bits per heavy atom. The highest BCUT2D eigenvalue weighted by Crippen LogP contribution is 1.97. The number of carbonyl (C=O) groups excluding carboxylic acids is 1. The Hall–Kier alpha value is -0.650. The van der Waals surface area contributed by atoms with Crippen LogP contribution in [0.1, 0.15) is 13.3 Å². The summed E-state index contributed by atoms with van der Waals surface area (Å²) < 4.78 is 10.4. The van der Waals surface area contributed by atoms with Gasteiger partial charge in [0.05, 0.1) is 26.2 Å². The Labute approximate surface area is 97.1 Å². The predicted molar refractivity (Wildman–Crippen MR) is 61.4 cm³/mol. The molecule has 0 radical (unpaired) electrons. The van der Waals surface area contributed by atoms with Crippen molar-refractivity contribution in [1.82, 2.24) is 10.2 Å². The molecule has 1 N–H and O–H groups in total. The summed E-state index contributed by atoms with van der Waals surface area (Å²) in [7, 11) is 0. The number of piperazine rings is 1. The van der Waals surface area contributed by atoms with Crippen molar-refractivity contribution in [3.63, 3.8) is 0 Å². The van der Waals surface area contributed by atoms with Gasteiger partial charge in [-0.2, -0.15) is 0 Å². The van der Waals surface area contributed by atoms with E-state index in [9.17, 15) is 4.79 Å². The van der Waals surface area contributed by atoms with Gasteiger partial charge in [0.1, 0.15) is 0 Å². The van der Waals surface area contributed by atoms with Gasteiger partial charge in [-0.05, 0) is 6.92 Å². The average Bonchev–Trinajstić information content (AvgIpc) is 2.34. The van der Waals surface area contributed by atoms with Gasteiger partial charge in [0.25, 0.3) is 0 Å². The molecule has 5 heteroatoms. The Morgan fingerprint density at radius 1 is 1.19 bits per heavy atom. The van der Waals surface area contributed by atoms with Gasteiger partial charge in [-0.1, -0.05) is 0 Å². The first kappa shape index (κ1) is 13.4. The predicted octanol–water partition coefficient (Wildman–Crippen LogP) is -0.139. The van der Waals surface area contributed by atoms with Crippen molar-refractivity contribution in [1.29, 1.82) is 0 Å². The lowest BCUT2D eigenvalue weighted by atomic mass is 10.3. The largest absolute Gasteiger partial charge is 0.379 e. The first-order chi connectivity index (χ1) is 7.84. The van der Waals surface area contributed by atoms with E-state index in [1.54, 1.807) is 0 Å². The van der Waals surface area contributed by atoms with Crippen LogP contribution in [0.15, 0.2) is 0 Å². The Bertz CT molecular complexity index is 194. The van der Waals surface area contributed by atoms with E-state index in [2.05, 4.69) is 5.32 Å². The molecule has 0 atom stereocenters. The molecule has 0 saturated carbocycles. The monoisotopic (exact) mass is 230 g/mol. The molecule has 0 aromatic rings. The summed E-state index contributed by atoms with van der Waals surface area (Å²) in [5, 5.41) is 3.22. The molecule has 1 rings (SSSR count). The van der Waals surface area contributed by atoms with E-state index in [4.69, 9.17) is 9.47 Å². The second kappa shape index (κ2) is 8.50. The molecule has 1 aliphatic rings. The first-order valence-corrected chi connectivity index (χ1v) is 5.98. The van der Waals surface area contributed by atoms with Crippen molar-refractivity contribution in [2.75, 3.05) is 52.6 Å². The van der Waals surface area contributed by atoms with Crippen molar-refractivity contribution < 1.29 is 14.3 Å². The standard InChI is InChI=1S/C11H22N2O3/c1-2-15-9-10-16-8-3-11(14)13-6-4-12-5-7-13/h12H,2-10H2,1H3. The van der Waals surface area contributed by atoms with Crippen LogP contribution in [0.2, 0.25) is 0 Å². The maximum Gasteiger partial charge on any atom is 0.224 e. The molecular formula is C11H22N2O3. The van der Waals surface area contributed by atoms with Crippen molar-refractivity contribution in [3.05, 3.63) is 0 Å². The Morgan fingerprint density at radius 3 is 2.56 bits per heavy atom. The van der Waals surface area contributed by atoms with Gasteiger partial charge in [0.15, 0.2) is 0 Å². The maximum absolute atomic E-state index is 11.7. The van der Waals surface area contributed by atoms with Gasteiger partial charge in [0.2, 0.25) is 5.91 Å². The number of nitrogens with zero attached hydrogens (tertiary/aromatic N) is 1. The van der Waals surface area contributed by atoms with Crippen LogP contribution in [0.4, 0.5) is 0 Å². The second-order valence-corrected chi connectivity index (χ2v) is 3.69. The number of rotatable bonds is 7. The van der Waals surface area contributed by atoms with E-state index in [0.29, 0.717) is 32.8 Å². The van der Waals surface area contributed by atoms with Crippen LogP contribution in [-0.2, 0) is 14.3 Å².